The number of amides is 1. The molecular weight excluding hydrogens is 257 g/mol. The Morgan fingerprint density at radius 2 is 2.10 bits per heavy atom. The third-order valence-corrected chi connectivity index (χ3v) is 3.26. The summed E-state index contributed by atoms with van der Waals surface area (Å²) in [7, 11) is 0. The van der Waals surface area contributed by atoms with Gasteiger partial charge in [0.05, 0.1) is 17.6 Å². The number of benzene rings is 1. The van der Waals surface area contributed by atoms with Crippen molar-refractivity contribution in [1.82, 2.24) is 4.98 Å². The van der Waals surface area contributed by atoms with E-state index in [0.29, 0.717) is 6.54 Å². The van der Waals surface area contributed by atoms with Gasteiger partial charge in [-0.25, -0.2) is 9.37 Å². The van der Waals surface area contributed by atoms with E-state index < -0.39 is 5.82 Å². The number of para-hydroxylation sites is 2. The van der Waals surface area contributed by atoms with Crippen LogP contribution < -0.4 is 10.2 Å². The van der Waals surface area contributed by atoms with Gasteiger partial charge in [-0.1, -0.05) is 12.1 Å². The van der Waals surface area contributed by atoms with E-state index in [2.05, 4.69) is 10.3 Å². The Morgan fingerprint density at radius 3 is 2.90 bits per heavy atom. The molecule has 1 aliphatic heterocycles. The van der Waals surface area contributed by atoms with Crippen molar-refractivity contribution >= 4 is 17.3 Å². The van der Waals surface area contributed by atoms with Gasteiger partial charge in [-0.05, 0) is 30.7 Å². The van der Waals surface area contributed by atoms with Gasteiger partial charge in [-0.2, -0.15) is 0 Å². The quantitative estimate of drug-likeness (QED) is 0.867. The highest BCUT2D eigenvalue weighted by Gasteiger charge is 2.22. The molecule has 0 radical (unpaired) electrons. The molecule has 3 rings (SSSR count). The van der Waals surface area contributed by atoms with Crippen molar-refractivity contribution in [3.8, 4) is 0 Å². The summed E-state index contributed by atoms with van der Waals surface area (Å²) in [6, 6.07) is 10.3. The summed E-state index contributed by atoms with van der Waals surface area (Å²) in [6.45, 7) is 1.43. The van der Waals surface area contributed by atoms with Gasteiger partial charge in [-0.3, -0.25) is 4.79 Å². The van der Waals surface area contributed by atoms with E-state index in [9.17, 15) is 9.18 Å². The first-order valence-electron chi connectivity index (χ1n) is 6.52. The predicted octanol–water partition coefficient (Wildman–Crippen LogP) is 2.68. The normalized spacial score (nSPS) is 14.2. The van der Waals surface area contributed by atoms with Gasteiger partial charge in [0.15, 0.2) is 0 Å². The summed E-state index contributed by atoms with van der Waals surface area (Å²) >= 11 is 0. The van der Waals surface area contributed by atoms with Crippen molar-refractivity contribution in [1.29, 1.82) is 0 Å². The second-order valence-corrected chi connectivity index (χ2v) is 4.62. The molecule has 1 aromatic carbocycles. The van der Waals surface area contributed by atoms with Crippen molar-refractivity contribution in [2.75, 3.05) is 23.3 Å². The molecule has 2 heterocycles. The molecular formula is C15H14FN3O. The molecule has 0 unspecified atom stereocenters. The van der Waals surface area contributed by atoms with Crippen LogP contribution in [0.5, 0.6) is 0 Å². The second-order valence-electron chi connectivity index (χ2n) is 4.62. The summed E-state index contributed by atoms with van der Waals surface area (Å²) in [5, 5.41) is 3.30. The lowest BCUT2D eigenvalue weighted by Gasteiger charge is -2.21. The summed E-state index contributed by atoms with van der Waals surface area (Å²) in [4.78, 5) is 18.1. The first-order chi connectivity index (χ1) is 9.75. The molecule has 102 valence electrons. The number of hydrogen-bond donors (Lipinski definition) is 1. The van der Waals surface area contributed by atoms with Crippen LogP contribution in [-0.4, -0.2) is 24.0 Å². The van der Waals surface area contributed by atoms with Gasteiger partial charge in [0.1, 0.15) is 11.5 Å². The van der Waals surface area contributed by atoms with E-state index in [1.54, 1.807) is 4.90 Å². The van der Waals surface area contributed by atoms with Crippen LogP contribution >= 0.6 is 0 Å². The Bertz CT molecular complexity index is 627. The topological polar surface area (TPSA) is 45.2 Å². The van der Waals surface area contributed by atoms with Crippen molar-refractivity contribution in [3.05, 3.63) is 54.1 Å². The number of carbonyl (C=O) groups is 1. The average Bonchev–Trinajstić information content (AvgIpc) is 2.69. The Labute approximate surface area is 116 Å². The fourth-order valence-corrected chi connectivity index (χ4v) is 2.29. The molecule has 0 saturated carbocycles. The average molecular weight is 271 g/mol. The van der Waals surface area contributed by atoms with Crippen LogP contribution in [0.25, 0.3) is 0 Å². The molecule has 2 aromatic rings. The van der Waals surface area contributed by atoms with Gasteiger partial charge >= 0.3 is 0 Å². The fraction of sp³-hybridized carbons (Fsp3) is 0.200. The third-order valence-electron chi connectivity index (χ3n) is 3.26. The molecule has 5 heteroatoms. The molecule has 1 N–H and O–H groups in total. The van der Waals surface area contributed by atoms with Crippen molar-refractivity contribution in [3.63, 3.8) is 0 Å². The van der Waals surface area contributed by atoms with Gasteiger partial charge in [-0.15, -0.1) is 0 Å². The summed E-state index contributed by atoms with van der Waals surface area (Å²) in [6.07, 6.45) is 1.91. The van der Waals surface area contributed by atoms with Crippen LogP contribution in [0.15, 0.2) is 42.6 Å². The van der Waals surface area contributed by atoms with Crippen molar-refractivity contribution < 1.29 is 9.18 Å². The highest BCUT2D eigenvalue weighted by molar-refractivity contribution is 6.06. The third kappa shape index (κ3) is 2.34. The summed E-state index contributed by atoms with van der Waals surface area (Å²) in [5.41, 5.74) is 2.02. The van der Waals surface area contributed by atoms with E-state index in [0.717, 1.165) is 30.5 Å². The standard InChI is InChI=1S/C15H14FN3O/c16-11-6-7-13(18-10-11)15(20)19-9-3-8-17-12-4-1-2-5-14(12)19/h1-2,4-7,10,17H,3,8-9H2. The molecule has 4 nitrogen and oxygen atoms in total. The number of anilines is 2. The number of carbonyl (C=O) groups excluding carboxylic acids is 1. The molecule has 0 atom stereocenters. The smallest absolute Gasteiger partial charge is 0.276 e. The van der Waals surface area contributed by atoms with Crippen molar-refractivity contribution in [2.24, 2.45) is 0 Å². The number of nitrogens with one attached hydrogen (secondary N) is 1. The number of fused-ring (bicyclic) bond motifs is 1. The van der Waals surface area contributed by atoms with Gasteiger partial charge in [0.25, 0.3) is 5.91 Å². The van der Waals surface area contributed by atoms with Crippen LogP contribution in [0.4, 0.5) is 15.8 Å². The zero-order chi connectivity index (χ0) is 13.9. The first-order valence-corrected chi connectivity index (χ1v) is 6.52. The molecule has 1 aliphatic rings. The summed E-state index contributed by atoms with van der Waals surface area (Å²) in [5.74, 6) is -0.652. The highest BCUT2D eigenvalue weighted by atomic mass is 19.1. The van der Waals surface area contributed by atoms with Crippen molar-refractivity contribution in [2.45, 2.75) is 6.42 Å². The minimum Gasteiger partial charge on any atom is -0.383 e. The fourth-order valence-electron chi connectivity index (χ4n) is 2.29. The molecule has 1 aromatic heterocycles. The van der Waals surface area contributed by atoms with Gasteiger partial charge in [0, 0.05) is 13.1 Å². The lowest BCUT2D eigenvalue weighted by Crippen LogP contribution is -2.32. The van der Waals surface area contributed by atoms with E-state index in [4.69, 9.17) is 0 Å². The zero-order valence-corrected chi connectivity index (χ0v) is 10.8. The number of aromatic nitrogens is 1. The molecule has 0 spiro atoms. The van der Waals surface area contributed by atoms with Crippen LogP contribution in [0.2, 0.25) is 0 Å². The highest BCUT2D eigenvalue weighted by Crippen LogP contribution is 2.28. The number of pyridine rings is 1. The van der Waals surface area contributed by atoms with E-state index in [-0.39, 0.29) is 11.6 Å². The molecule has 0 bridgehead atoms. The Hall–Kier alpha value is -2.43. The van der Waals surface area contributed by atoms with Crippen LogP contribution in [0.1, 0.15) is 16.9 Å². The lowest BCUT2D eigenvalue weighted by atomic mass is 10.2. The molecule has 0 saturated heterocycles. The van der Waals surface area contributed by atoms with Gasteiger partial charge in [0.2, 0.25) is 0 Å². The van der Waals surface area contributed by atoms with Gasteiger partial charge < -0.3 is 10.2 Å². The largest absolute Gasteiger partial charge is 0.383 e. The molecule has 20 heavy (non-hydrogen) atoms. The summed E-state index contributed by atoms with van der Waals surface area (Å²) < 4.78 is 12.9. The minimum atomic E-state index is -0.445. The SMILES string of the molecule is O=C(c1ccc(F)cn1)N1CCCNc2ccccc21. The number of nitrogens with zero attached hydrogens (tertiary/aromatic N) is 2. The minimum absolute atomic E-state index is 0.207. The predicted molar refractivity (Wildman–Crippen MR) is 75.4 cm³/mol. The number of hydrogen-bond acceptors (Lipinski definition) is 3. The Kier molecular flexibility index (Phi) is 3.33. The monoisotopic (exact) mass is 271 g/mol. The Balaban J connectivity index is 1.97. The molecule has 0 fully saturated rings. The van der Waals surface area contributed by atoms with E-state index >= 15 is 0 Å². The van der Waals surface area contributed by atoms with E-state index in [1.807, 2.05) is 24.3 Å². The maximum atomic E-state index is 12.9. The lowest BCUT2D eigenvalue weighted by molar-refractivity contribution is 0.0982. The number of rotatable bonds is 1. The van der Waals surface area contributed by atoms with Crippen LogP contribution in [-0.2, 0) is 0 Å². The molecule has 0 aliphatic carbocycles. The zero-order valence-electron chi connectivity index (χ0n) is 10.8. The maximum Gasteiger partial charge on any atom is 0.276 e. The first kappa shape index (κ1) is 12.6. The van der Waals surface area contributed by atoms with Crippen LogP contribution in [0, 0.1) is 5.82 Å². The Morgan fingerprint density at radius 1 is 1.25 bits per heavy atom. The number of halogens is 1. The van der Waals surface area contributed by atoms with E-state index in [1.165, 1.54) is 12.1 Å². The van der Waals surface area contributed by atoms with Crippen LogP contribution in [0.3, 0.4) is 0 Å². The maximum absolute atomic E-state index is 12.9. The molecule has 1 amide bonds. The second kappa shape index (κ2) is 5.28.